The highest BCUT2D eigenvalue weighted by atomic mass is 16.5. The summed E-state index contributed by atoms with van der Waals surface area (Å²) in [5.41, 5.74) is 1.20. The Hall–Kier alpha value is -2.19. The maximum Gasteiger partial charge on any atom is 0.252 e. The van der Waals surface area contributed by atoms with Gasteiger partial charge in [-0.3, -0.25) is 9.59 Å². The van der Waals surface area contributed by atoms with Gasteiger partial charge in [-0.2, -0.15) is 0 Å². The van der Waals surface area contributed by atoms with Crippen LogP contribution in [0.2, 0.25) is 0 Å². The number of pyridine rings is 1. The Labute approximate surface area is 172 Å². The Morgan fingerprint density at radius 2 is 2.03 bits per heavy atom. The van der Waals surface area contributed by atoms with Crippen LogP contribution in [-0.4, -0.2) is 74.2 Å². The number of carbonyl (C=O) groups excluding carboxylic acids is 2. The number of likely N-dealkylation sites (tertiary alicyclic amines) is 1. The first-order chi connectivity index (χ1) is 14.2. The average Bonchev–Trinajstić information content (AvgIpc) is 2.77. The van der Waals surface area contributed by atoms with Crippen LogP contribution < -0.4 is 15.5 Å². The number of amides is 2. The van der Waals surface area contributed by atoms with Gasteiger partial charge in [0, 0.05) is 39.0 Å². The molecule has 8 heteroatoms. The number of nitrogens with one attached hydrogen (secondary N) is 2. The molecule has 0 atom stereocenters. The van der Waals surface area contributed by atoms with Gasteiger partial charge < -0.3 is 25.2 Å². The minimum Gasteiger partial charge on any atom is -0.381 e. The second kappa shape index (κ2) is 9.54. The summed E-state index contributed by atoms with van der Waals surface area (Å²) in [6, 6.07) is 1.79. The Bertz CT molecular complexity index is 729. The van der Waals surface area contributed by atoms with E-state index in [2.05, 4.69) is 20.5 Å². The molecule has 0 saturated carbocycles. The van der Waals surface area contributed by atoms with E-state index in [0.717, 1.165) is 45.7 Å². The molecule has 29 heavy (non-hydrogen) atoms. The second-order valence-electron chi connectivity index (χ2n) is 8.16. The predicted molar refractivity (Wildman–Crippen MR) is 111 cm³/mol. The molecule has 158 valence electrons. The van der Waals surface area contributed by atoms with E-state index in [9.17, 15) is 9.59 Å². The molecule has 0 spiro atoms. The van der Waals surface area contributed by atoms with Crippen LogP contribution >= 0.6 is 0 Å². The van der Waals surface area contributed by atoms with E-state index in [-0.39, 0.29) is 18.4 Å². The zero-order chi connectivity index (χ0) is 20.1. The number of nitrogens with zero attached hydrogens (tertiary/aromatic N) is 3. The van der Waals surface area contributed by atoms with Gasteiger partial charge in [-0.1, -0.05) is 6.42 Å². The highest BCUT2D eigenvalue weighted by Crippen LogP contribution is 2.30. The van der Waals surface area contributed by atoms with Crippen molar-refractivity contribution in [2.45, 2.75) is 32.1 Å². The molecule has 1 aromatic heterocycles. The van der Waals surface area contributed by atoms with Gasteiger partial charge in [-0.15, -0.1) is 0 Å². The van der Waals surface area contributed by atoms with E-state index in [4.69, 9.17) is 4.74 Å². The first-order valence-corrected chi connectivity index (χ1v) is 10.8. The van der Waals surface area contributed by atoms with Crippen molar-refractivity contribution in [2.24, 2.45) is 5.92 Å². The highest BCUT2D eigenvalue weighted by Gasteiger charge is 2.29. The van der Waals surface area contributed by atoms with Crippen LogP contribution in [0, 0.1) is 5.92 Å². The van der Waals surface area contributed by atoms with Gasteiger partial charge in [0.2, 0.25) is 5.91 Å². The molecule has 4 heterocycles. The molecule has 0 bridgehead atoms. The fraction of sp³-hybridized carbons (Fsp3) is 0.667. The molecule has 0 aliphatic carbocycles. The zero-order valence-electron chi connectivity index (χ0n) is 17.0. The third-order valence-corrected chi connectivity index (χ3v) is 6.07. The van der Waals surface area contributed by atoms with Gasteiger partial charge in [0.25, 0.3) is 5.91 Å². The van der Waals surface area contributed by atoms with Gasteiger partial charge in [-0.05, 0) is 50.8 Å². The molecule has 0 radical (unpaired) electrons. The van der Waals surface area contributed by atoms with Crippen LogP contribution in [0.1, 0.15) is 42.5 Å². The fourth-order valence-electron chi connectivity index (χ4n) is 4.31. The van der Waals surface area contributed by atoms with Crippen molar-refractivity contribution in [1.82, 2.24) is 15.2 Å². The van der Waals surface area contributed by atoms with Crippen LogP contribution in [0.4, 0.5) is 11.5 Å². The summed E-state index contributed by atoms with van der Waals surface area (Å²) >= 11 is 0. The monoisotopic (exact) mass is 401 g/mol. The molecule has 2 saturated heterocycles. The number of ether oxygens (including phenoxy) is 1. The van der Waals surface area contributed by atoms with Gasteiger partial charge in [0.1, 0.15) is 5.82 Å². The maximum absolute atomic E-state index is 12.6. The minimum absolute atomic E-state index is 0.0217. The van der Waals surface area contributed by atoms with Crippen LogP contribution in [0.25, 0.3) is 0 Å². The van der Waals surface area contributed by atoms with Crippen molar-refractivity contribution in [3.63, 3.8) is 0 Å². The second-order valence-corrected chi connectivity index (χ2v) is 8.16. The molecule has 0 aromatic carbocycles. The molecule has 2 fully saturated rings. The molecule has 1 aromatic rings. The zero-order valence-corrected chi connectivity index (χ0v) is 17.0. The summed E-state index contributed by atoms with van der Waals surface area (Å²) in [5, 5.41) is 6.07. The number of carbonyl (C=O) groups is 2. The summed E-state index contributed by atoms with van der Waals surface area (Å²) in [4.78, 5) is 33.8. The molecule has 3 aliphatic rings. The largest absolute Gasteiger partial charge is 0.381 e. The van der Waals surface area contributed by atoms with E-state index in [1.807, 2.05) is 0 Å². The molecule has 4 rings (SSSR count). The number of piperidine rings is 1. The van der Waals surface area contributed by atoms with E-state index >= 15 is 0 Å². The summed E-state index contributed by atoms with van der Waals surface area (Å²) in [7, 11) is 0. The lowest BCUT2D eigenvalue weighted by molar-refractivity contribution is -0.117. The Morgan fingerprint density at radius 3 is 2.83 bits per heavy atom. The molecular weight excluding hydrogens is 370 g/mol. The van der Waals surface area contributed by atoms with Crippen LogP contribution in [0.15, 0.2) is 12.3 Å². The normalized spacial score (nSPS) is 20.8. The van der Waals surface area contributed by atoms with Gasteiger partial charge in [-0.25, -0.2) is 4.98 Å². The fourth-order valence-corrected chi connectivity index (χ4v) is 4.31. The molecule has 8 nitrogen and oxygen atoms in total. The van der Waals surface area contributed by atoms with Crippen LogP contribution in [0.3, 0.4) is 0 Å². The van der Waals surface area contributed by atoms with Crippen LogP contribution in [0.5, 0.6) is 0 Å². The minimum atomic E-state index is -0.138. The van der Waals surface area contributed by atoms with Gasteiger partial charge in [0.15, 0.2) is 0 Å². The van der Waals surface area contributed by atoms with Gasteiger partial charge >= 0.3 is 0 Å². The Balaban J connectivity index is 1.40. The SMILES string of the molecule is O=C(NCCN1CCCCC1)c1cnc2c(c1)N(CC1CCOCC1)C(=O)CN2. The van der Waals surface area contributed by atoms with Crippen molar-refractivity contribution in [3.8, 4) is 0 Å². The Kier molecular flexibility index (Phi) is 6.61. The summed E-state index contributed by atoms with van der Waals surface area (Å²) in [5.74, 6) is 0.969. The number of hydrogen-bond acceptors (Lipinski definition) is 6. The van der Waals surface area contributed by atoms with Crippen molar-refractivity contribution in [1.29, 1.82) is 0 Å². The van der Waals surface area contributed by atoms with E-state index in [1.165, 1.54) is 19.3 Å². The van der Waals surface area contributed by atoms with Crippen molar-refractivity contribution >= 4 is 23.3 Å². The molecule has 0 unspecified atom stereocenters. The first kappa shape index (κ1) is 20.1. The van der Waals surface area contributed by atoms with Crippen molar-refractivity contribution in [2.75, 3.05) is 62.7 Å². The van der Waals surface area contributed by atoms with Gasteiger partial charge in [0.05, 0.1) is 17.8 Å². The quantitative estimate of drug-likeness (QED) is 0.751. The lowest BCUT2D eigenvalue weighted by atomic mass is 9.99. The van der Waals surface area contributed by atoms with E-state index in [1.54, 1.807) is 17.2 Å². The topological polar surface area (TPSA) is 86.8 Å². The molecule has 2 amide bonds. The third kappa shape index (κ3) is 5.05. The van der Waals surface area contributed by atoms with Crippen LogP contribution in [-0.2, 0) is 9.53 Å². The molecule has 3 aliphatic heterocycles. The van der Waals surface area contributed by atoms with E-state index < -0.39 is 0 Å². The van der Waals surface area contributed by atoms with E-state index in [0.29, 0.717) is 36.1 Å². The summed E-state index contributed by atoms with van der Waals surface area (Å²) < 4.78 is 5.43. The smallest absolute Gasteiger partial charge is 0.252 e. The summed E-state index contributed by atoms with van der Waals surface area (Å²) in [6.07, 6.45) is 7.29. The lowest BCUT2D eigenvalue weighted by Crippen LogP contribution is -2.44. The number of fused-ring (bicyclic) bond motifs is 1. The van der Waals surface area contributed by atoms with Crippen molar-refractivity contribution in [3.05, 3.63) is 17.8 Å². The average molecular weight is 402 g/mol. The number of aromatic nitrogens is 1. The molecule has 2 N–H and O–H groups in total. The third-order valence-electron chi connectivity index (χ3n) is 6.07. The standard InChI is InChI=1S/C21H31N5O3/c27-19-14-24-20-18(26(19)15-16-4-10-29-11-5-16)12-17(13-23-20)21(28)22-6-9-25-7-2-1-3-8-25/h12-13,16H,1-11,14-15H2,(H,22,28)(H,23,24). The predicted octanol–water partition coefficient (Wildman–Crippen LogP) is 1.48. The maximum atomic E-state index is 12.6. The number of hydrogen-bond donors (Lipinski definition) is 2. The molecular formula is C21H31N5O3. The number of anilines is 2. The summed E-state index contributed by atoms with van der Waals surface area (Å²) in [6.45, 7) is 6.11. The Morgan fingerprint density at radius 1 is 1.24 bits per heavy atom. The first-order valence-electron chi connectivity index (χ1n) is 10.8. The number of rotatable bonds is 6. The van der Waals surface area contributed by atoms with Crippen molar-refractivity contribution < 1.29 is 14.3 Å². The lowest BCUT2D eigenvalue weighted by Gasteiger charge is -2.33. The highest BCUT2D eigenvalue weighted by molar-refractivity contribution is 6.04.